The van der Waals surface area contributed by atoms with Gasteiger partial charge in [0.25, 0.3) is 0 Å². The van der Waals surface area contributed by atoms with E-state index in [0.717, 1.165) is 23.7 Å². The highest BCUT2D eigenvalue weighted by Crippen LogP contribution is 2.39. The molecule has 4 rings (SSSR count). The Balaban J connectivity index is 1.55. The van der Waals surface area contributed by atoms with Crippen molar-refractivity contribution in [3.05, 3.63) is 53.6 Å². The van der Waals surface area contributed by atoms with Crippen molar-refractivity contribution >= 4 is 0 Å². The third-order valence-electron chi connectivity index (χ3n) is 5.12. The number of hydrogen-bond donors (Lipinski definition) is 1. The molecule has 0 amide bonds. The number of fused-ring (bicyclic) bond motifs is 3. The van der Waals surface area contributed by atoms with Gasteiger partial charge < -0.3 is 14.8 Å². The maximum atomic E-state index is 6.01. The molecular weight excluding hydrogens is 286 g/mol. The molecule has 3 heteroatoms. The standard InChI is InChI=1S/C20H23NO2/c1-22-15-5-7-16(8-6-15)23-17-9-10-18-14(13-17)4-11-20-19(18)3-2-12-21-20/h5-10,13,19-21H,2-4,11-12H2,1H3. The summed E-state index contributed by atoms with van der Waals surface area (Å²) in [7, 11) is 1.67. The van der Waals surface area contributed by atoms with Crippen molar-refractivity contribution in [2.75, 3.05) is 13.7 Å². The molecule has 1 fully saturated rings. The van der Waals surface area contributed by atoms with Crippen LogP contribution in [0, 0.1) is 0 Å². The van der Waals surface area contributed by atoms with Crippen LogP contribution >= 0.6 is 0 Å². The van der Waals surface area contributed by atoms with Crippen LogP contribution in [-0.2, 0) is 6.42 Å². The van der Waals surface area contributed by atoms with Gasteiger partial charge in [-0.05, 0) is 85.7 Å². The van der Waals surface area contributed by atoms with Gasteiger partial charge in [-0.25, -0.2) is 0 Å². The predicted octanol–water partition coefficient (Wildman–Crippen LogP) is 4.27. The van der Waals surface area contributed by atoms with Crippen LogP contribution in [0.1, 0.15) is 36.3 Å². The Morgan fingerprint density at radius 3 is 2.57 bits per heavy atom. The fourth-order valence-corrected chi connectivity index (χ4v) is 3.94. The minimum absolute atomic E-state index is 0.671. The zero-order chi connectivity index (χ0) is 15.6. The second kappa shape index (κ2) is 6.25. The summed E-state index contributed by atoms with van der Waals surface area (Å²) >= 11 is 0. The fraction of sp³-hybridized carbons (Fsp3) is 0.400. The lowest BCUT2D eigenvalue weighted by atomic mass is 9.75. The molecule has 2 aromatic carbocycles. The normalized spacial score (nSPS) is 22.8. The molecule has 1 aliphatic heterocycles. The molecule has 1 heterocycles. The molecule has 1 aliphatic carbocycles. The van der Waals surface area contributed by atoms with Gasteiger partial charge in [0.1, 0.15) is 17.2 Å². The Labute approximate surface area is 137 Å². The van der Waals surface area contributed by atoms with Gasteiger partial charge in [-0.2, -0.15) is 0 Å². The molecule has 1 saturated heterocycles. The smallest absolute Gasteiger partial charge is 0.127 e. The highest BCUT2D eigenvalue weighted by Gasteiger charge is 2.31. The molecule has 0 spiro atoms. The topological polar surface area (TPSA) is 30.5 Å². The predicted molar refractivity (Wildman–Crippen MR) is 91.6 cm³/mol. The number of rotatable bonds is 3. The van der Waals surface area contributed by atoms with Crippen LogP contribution < -0.4 is 14.8 Å². The molecular formula is C20H23NO2. The van der Waals surface area contributed by atoms with Crippen molar-refractivity contribution in [1.82, 2.24) is 5.32 Å². The van der Waals surface area contributed by atoms with E-state index in [0.29, 0.717) is 12.0 Å². The summed E-state index contributed by atoms with van der Waals surface area (Å²) in [6, 6.07) is 15.0. The second-order valence-corrected chi connectivity index (χ2v) is 6.49. The number of ether oxygens (including phenoxy) is 2. The number of aryl methyl sites for hydroxylation is 1. The first kappa shape index (κ1) is 14.6. The minimum Gasteiger partial charge on any atom is -0.497 e. The Kier molecular flexibility index (Phi) is 3.96. The summed E-state index contributed by atoms with van der Waals surface area (Å²) in [5.74, 6) is 3.30. The first-order valence-corrected chi connectivity index (χ1v) is 8.51. The van der Waals surface area contributed by atoms with Gasteiger partial charge in [-0.3, -0.25) is 0 Å². The highest BCUT2D eigenvalue weighted by atomic mass is 16.5. The van der Waals surface area contributed by atoms with Crippen LogP contribution in [0.5, 0.6) is 17.2 Å². The molecule has 0 saturated carbocycles. The summed E-state index contributed by atoms with van der Waals surface area (Å²) in [5.41, 5.74) is 2.98. The molecule has 2 unspecified atom stereocenters. The number of hydrogen-bond acceptors (Lipinski definition) is 3. The lowest BCUT2D eigenvalue weighted by Gasteiger charge is -2.38. The van der Waals surface area contributed by atoms with Crippen LogP contribution in [0.15, 0.2) is 42.5 Å². The third kappa shape index (κ3) is 2.93. The molecule has 3 nitrogen and oxygen atoms in total. The molecule has 1 N–H and O–H groups in total. The maximum absolute atomic E-state index is 6.01. The van der Waals surface area contributed by atoms with Crippen molar-refractivity contribution in [3.63, 3.8) is 0 Å². The largest absolute Gasteiger partial charge is 0.497 e. The molecule has 2 atom stereocenters. The van der Waals surface area contributed by atoms with Gasteiger partial charge in [0.2, 0.25) is 0 Å². The molecule has 0 bridgehead atoms. The number of piperidine rings is 1. The number of nitrogens with one attached hydrogen (secondary N) is 1. The van der Waals surface area contributed by atoms with Crippen molar-refractivity contribution in [2.24, 2.45) is 0 Å². The van der Waals surface area contributed by atoms with E-state index in [4.69, 9.17) is 9.47 Å². The summed E-state index contributed by atoms with van der Waals surface area (Å²) in [5, 5.41) is 3.68. The fourth-order valence-electron chi connectivity index (χ4n) is 3.94. The molecule has 2 aliphatic rings. The monoisotopic (exact) mass is 309 g/mol. The zero-order valence-corrected chi connectivity index (χ0v) is 13.5. The Morgan fingerprint density at radius 2 is 1.74 bits per heavy atom. The van der Waals surface area contributed by atoms with Gasteiger partial charge in [-0.1, -0.05) is 6.07 Å². The van der Waals surface area contributed by atoms with E-state index in [1.807, 2.05) is 24.3 Å². The van der Waals surface area contributed by atoms with E-state index in [2.05, 4.69) is 23.5 Å². The average Bonchev–Trinajstić information content (AvgIpc) is 2.62. The minimum atomic E-state index is 0.671. The quantitative estimate of drug-likeness (QED) is 0.918. The van der Waals surface area contributed by atoms with Gasteiger partial charge in [0.05, 0.1) is 7.11 Å². The highest BCUT2D eigenvalue weighted by molar-refractivity contribution is 5.43. The van der Waals surface area contributed by atoms with Gasteiger partial charge in [0, 0.05) is 6.04 Å². The van der Waals surface area contributed by atoms with E-state index in [1.165, 1.54) is 36.9 Å². The van der Waals surface area contributed by atoms with Crippen molar-refractivity contribution in [1.29, 1.82) is 0 Å². The van der Waals surface area contributed by atoms with E-state index in [9.17, 15) is 0 Å². The molecule has 0 radical (unpaired) electrons. The van der Waals surface area contributed by atoms with Crippen LogP contribution in [0.25, 0.3) is 0 Å². The first-order chi connectivity index (χ1) is 11.3. The van der Waals surface area contributed by atoms with Crippen LogP contribution in [0.3, 0.4) is 0 Å². The lowest BCUT2D eigenvalue weighted by molar-refractivity contribution is 0.319. The van der Waals surface area contributed by atoms with Gasteiger partial charge in [-0.15, -0.1) is 0 Å². The van der Waals surface area contributed by atoms with Crippen LogP contribution in [0.2, 0.25) is 0 Å². The van der Waals surface area contributed by atoms with E-state index >= 15 is 0 Å². The van der Waals surface area contributed by atoms with E-state index < -0.39 is 0 Å². The van der Waals surface area contributed by atoms with Crippen molar-refractivity contribution in [2.45, 2.75) is 37.6 Å². The SMILES string of the molecule is COc1ccc(Oc2ccc3c(c2)CCC2NCCCC32)cc1. The van der Waals surface area contributed by atoms with Gasteiger partial charge >= 0.3 is 0 Å². The summed E-state index contributed by atoms with van der Waals surface area (Å²) in [6.07, 6.45) is 4.97. The Bertz CT molecular complexity index is 681. The Hall–Kier alpha value is -2.00. The van der Waals surface area contributed by atoms with Crippen molar-refractivity contribution < 1.29 is 9.47 Å². The average molecular weight is 309 g/mol. The van der Waals surface area contributed by atoms with Gasteiger partial charge in [0.15, 0.2) is 0 Å². The van der Waals surface area contributed by atoms with E-state index in [1.54, 1.807) is 7.11 Å². The Morgan fingerprint density at radius 1 is 0.957 bits per heavy atom. The lowest BCUT2D eigenvalue weighted by Crippen LogP contribution is -2.42. The number of methoxy groups -OCH3 is 1. The zero-order valence-electron chi connectivity index (χ0n) is 13.5. The third-order valence-corrected chi connectivity index (χ3v) is 5.12. The summed E-state index contributed by atoms with van der Waals surface area (Å²) in [6.45, 7) is 1.18. The number of benzene rings is 2. The second-order valence-electron chi connectivity index (χ2n) is 6.49. The van der Waals surface area contributed by atoms with E-state index in [-0.39, 0.29) is 0 Å². The molecule has 0 aromatic heterocycles. The van der Waals surface area contributed by atoms with Crippen molar-refractivity contribution in [3.8, 4) is 17.2 Å². The summed E-state index contributed by atoms with van der Waals surface area (Å²) in [4.78, 5) is 0. The molecule has 23 heavy (non-hydrogen) atoms. The maximum Gasteiger partial charge on any atom is 0.127 e. The first-order valence-electron chi connectivity index (χ1n) is 8.51. The molecule has 120 valence electrons. The summed E-state index contributed by atoms with van der Waals surface area (Å²) < 4.78 is 11.2. The van der Waals surface area contributed by atoms with Crippen LogP contribution in [0.4, 0.5) is 0 Å². The molecule has 2 aromatic rings. The van der Waals surface area contributed by atoms with Crippen LogP contribution in [-0.4, -0.2) is 19.7 Å².